The van der Waals surface area contributed by atoms with Gasteiger partial charge < -0.3 is 15.5 Å². The van der Waals surface area contributed by atoms with Gasteiger partial charge in [-0.3, -0.25) is 0 Å². The second-order valence-electron chi connectivity index (χ2n) is 4.60. The molecule has 2 rings (SSSR count). The second-order valence-corrected chi connectivity index (χ2v) is 4.60. The van der Waals surface area contributed by atoms with Gasteiger partial charge in [0.05, 0.1) is 0 Å². The highest BCUT2D eigenvalue weighted by atomic mass is 15.2. The van der Waals surface area contributed by atoms with E-state index in [0.29, 0.717) is 6.04 Å². The van der Waals surface area contributed by atoms with Crippen molar-refractivity contribution >= 4 is 11.6 Å². The topological polar surface area (TPSA) is 53.1 Å². The van der Waals surface area contributed by atoms with Crippen molar-refractivity contribution in [2.75, 3.05) is 36.4 Å². The molecule has 0 amide bonds. The third-order valence-electron chi connectivity index (χ3n) is 3.43. The summed E-state index contributed by atoms with van der Waals surface area (Å²) in [6.07, 6.45) is 3.96. The molecule has 1 aliphatic heterocycles. The van der Waals surface area contributed by atoms with E-state index in [-0.39, 0.29) is 0 Å². The highest BCUT2D eigenvalue weighted by Crippen LogP contribution is 2.16. The summed E-state index contributed by atoms with van der Waals surface area (Å²) in [5, 5.41) is 6.87. The first kappa shape index (κ1) is 13.1. The van der Waals surface area contributed by atoms with Crippen LogP contribution in [0.5, 0.6) is 0 Å². The van der Waals surface area contributed by atoms with E-state index in [9.17, 15) is 0 Å². The van der Waals surface area contributed by atoms with Crippen molar-refractivity contribution in [3.63, 3.8) is 0 Å². The Morgan fingerprint density at radius 1 is 1.28 bits per heavy atom. The van der Waals surface area contributed by atoms with Gasteiger partial charge in [0.1, 0.15) is 18.0 Å². The largest absolute Gasteiger partial charge is 0.367 e. The van der Waals surface area contributed by atoms with Gasteiger partial charge in [0.15, 0.2) is 0 Å². The van der Waals surface area contributed by atoms with E-state index in [0.717, 1.165) is 50.7 Å². The Morgan fingerprint density at radius 2 is 2.00 bits per heavy atom. The van der Waals surface area contributed by atoms with Crippen LogP contribution >= 0.6 is 0 Å². The number of nitrogens with zero attached hydrogens (tertiary/aromatic N) is 3. The molecule has 1 fully saturated rings. The lowest BCUT2D eigenvalue weighted by molar-refractivity contribution is 0.478. The zero-order valence-corrected chi connectivity index (χ0v) is 11.3. The van der Waals surface area contributed by atoms with Crippen molar-refractivity contribution in [3.05, 3.63) is 12.4 Å². The molecule has 1 aromatic heterocycles. The van der Waals surface area contributed by atoms with Crippen LogP contribution in [0.3, 0.4) is 0 Å². The van der Waals surface area contributed by atoms with Crippen molar-refractivity contribution in [3.8, 4) is 0 Å². The van der Waals surface area contributed by atoms with Crippen molar-refractivity contribution < 1.29 is 0 Å². The quantitative estimate of drug-likeness (QED) is 0.828. The van der Waals surface area contributed by atoms with Crippen molar-refractivity contribution in [1.82, 2.24) is 15.3 Å². The van der Waals surface area contributed by atoms with E-state index < -0.39 is 0 Å². The lowest BCUT2D eigenvalue weighted by atomic mass is 10.1. The molecule has 2 N–H and O–H groups in total. The Bertz CT molecular complexity index is 358. The number of nitrogens with one attached hydrogen (secondary N) is 2. The Balaban J connectivity index is 2.01. The molecule has 0 unspecified atom stereocenters. The molecule has 0 spiro atoms. The monoisotopic (exact) mass is 249 g/mol. The van der Waals surface area contributed by atoms with Gasteiger partial charge in [0, 0.05) is 25.2 Å². The molecular formula is C13H23N5. The summed E-state index contributed by atoms with van der Waals surface area (Å²) in [5.41, 5.74) is 0. The maximum Gasteiger partial charge on any atom is 0.134 e. The van der Waals surface area contributed by atoms with Crippen LogP contribution in [0.1, 0.15) is 26.7 Å². The summed E-state index contributed by atoms with van der Waals surface area (Å²) in [5.74, 6) is 1.95. The van der Waals surface area contributed by atoms with Gasteiger partial charge in [0.2, 0.25) is 0 Å². The van der Waals surface area contributed by atoms with Crippen molar-refractivity contribution in [2.24, 2.45) is 0 Å². The average Bonchev–Trinajstić information content (AvgIpc) is 2.42. The lowest BCUT2D eigenvalue weighted by Gasteiger charge is -2.25. The number of hydrogen-bond acceptors (Lipinski definition) is 5. The molecule has 1 saturated heterocycles. The number of rotatable bonds is 5. The molecule has 0 atom stereocenters. The Kier molecular flexibility index (Phi) is 4.75. The van der Waals surface area contributed by atoms with Crippen LogP contribution in [0.25, 0.3) is 0 Å². The summed E-state index contributed by atoms with van der Waals surface area (Å²) in [6, 6.07) is 2.58. The molecular weight excluding hydrogens is 226 g/mol. The summed E-state index contributed by atoms with van der Waals surface area (Å²) >= 11 is 0. The third kappa shape index (κ3) is 3.32. The fourth-order valence-electron chi connectivity index (χ4n) is 2.32. The number of hydrogen-bond donors (Lipinski definition) is 2. The van der Waals surface area contributed by atoms with Crippen LogP contribution in [0.2, 0.25) is 0 Å². The molecule has 1 aromatic rings. The van der Waals surface area contributed by atoms with Crippen LogP contribution in [0.15, 0.2) is 12.4 Å². The van der Waals surface area contributed by atoms with Crippen LogP contribution < -0.4 is 15.5 Å². The molecule has 0 bridgehead atoms. The standard InChI is InChI=1S/C13H23N5/c1-3-18(4-2)13-9-12(15-10-16-13)17-11-5-7-14-8-6-11/h9-11,14H,3-8H2,1-2H3,(H,15,16,17). The minimum atomic E-state index is 0.533. The fraction of sp³-hybridized carbons (Fsp3) is 0.692. The summed E-state index contributed by atoms with van der Waals surface area (Å²) in [6.45, 7) is 8.41. The summed E-state index contributed by atoms with van der Waals surface area (Å²) in [7, 11) is 0. The summed E-state index contributed by atoms with van der Waals surface area (Å²) in [4.78, 5) is 10.9. The maximum absolute atomic E-state index is 4.34. The van der Waals surface area contributed by atoms with Crippen LogP contribution in [0.4, 0.5) is 11.6 Å². The van der Waals surface area contributed by atoms with Crippen LogP contribution in [0, 0.1) is 0 Å². The Morgan fingerprint density at radius 3 is 2.67 bits per heavy atom. The Labute approximate surface area is 109 Å². The smallest absolute Gasteiger partial charge is 0.134 e. The zero-order chi connectivity index (χ0) is 12.8. The van der Waals surface area contributed by atoms with E-state index in [1.54, 1.807) is 6.33 Å². The molecule has 0 radical (unpaired) electrons. The van der Waals surface area contributed by atoms with Gasteiger partial charge in [-0.15, -0.1) is 0 Å². The molecule has 1 aliphatic rings. The highest BCUT2D eigenvalue weighted by molar-refractivity contribution is 5.48. The molecule has 0 saturated carbocycles. The van der Waals surface area contributed by atoms with Crippen molar-refractivity contribution in [1.29, 1.82) is 0 Å². The normalized spacial score (nSPS) is 16.6. The molecule has 0 aromatic carbocycles. The predicted octanol–water partition coefficient (Wildman–Crippen LogP) is 1.49. The molecule has 5 nitrogen and oxygen atoms in total. The van der Waals surface area contributed by atoms with Gasteiger partial charge in [-0.2, -0.15) is 0 Å². The first-order chi connectivity index (χ1) is 8.83. The van der Waals surface area contributed by atoms with Gasteiger partial charge in [-0.1, -0.05) is 0 Å². The molecule has 100 valence electrons. The number of piperidine rings is 1. The molecule has 18 heavy (non-hydrogen) atoms. The maximum atomic E-state index is 4.34. The van der Waals surface area contributed by atoms with Crippen LogP contribution in [-0.2, 0) is 0 Å². The second kappa shape index (κ2) is 6.54. The lowest BCUT2D eigenvalue weighted by Crippen LogP contribution is -2.35. The van der Waals surface area contributed by atoms with E-state index >= 15 is 0 Å². The first-order valence-electron chi connectivity index (χ1n) is 6.87. The minimum Gasteiger partial charge on any atom is -0.367 e. The molecule has 0 aliphatic carbocycles. The SMILES string of the molecule is CCN(CC)c1cc(NC2CCNCC2)ncn1. The summed E-state index contributed by atoms with van der Waals surface area (Å²) < 4.78 is 0. The molecule has 5 heteroatoms. The van der Waals surface area contributed by atoms with Gasteiger partial charge >= 0.3 is 0 Å². The zero-order valence-electron chi connectivity index (χ0n) is 11.3. The van der Waals surface area contributed by atoms with Crippen molar-refractivity contribution in [2.45, 2.75) is 32.7 Å². The highest BCUT2D eigenvalue weighted by Gasteiger charge is 2.13. The Hall–Kier alpha value is -1.36. The third-order valence-corrected chi connectivity index (χ3v) is 3.43. The van der Waals surface area contributed by atoms with E-state index in [1.807, 2.05) is 0 Å². The molecule has 2 heterocycles. The minimum absolute atomic E-state index is 0.533. The predicted molar refractivity (Wildman–Crippen MR) is 75.1 cm³/mol. The van der Waals surface area contributed by atoms with E-state index in [2.05, 4.69) is 45.4 Å². The van der Waals surface area contributed by atoms with E-state index in [1.165, 1.54) is 0 Å². The number of anilines is 2. The van der Waals surface area contributed by atoms with Gasteiger partial charge in [-0.25, -0.2) is 9.97 Å². The average molecular weight is 249 g/mol. The first-order valence-corrected chi connectivity index (χ1v) is 6.87. The van der Waals surface area contributed by atoms with Crippen LogP contribution in [-0.4, -0.2) is 42.2 Å². The number of aromatic nitrogens is 2. The fourth-order valence-corrected chi connectivity index (χ4v) is 2.32. The van der Waals surface area contributed by atoms with E-state index in [4.69, 9.17) is 0 Å². The van der Waals surface area contributed by atoms with Gasteiger partial charge in [0.25, 0.3) is 0 Å². The van der Waals surface area contributed by atoms with Gasteiger partial charge in [-0.05, 0) is 39.8 Å².